The van der Waals surface area contributed by atoms with Crippen LogP contribution in [0.4, 0.5) is 34.1 Å². The summed E-state index contributed by atoms with van der Waals surface area (Å²) in [6.07, 6.45) is 6.62. The van der Waals surface area contributed by atoms with Gasteiger partial charge in [0, 0.05) is 34.0 Å². The van der Waals surface area contributed by atoms with Gasteiger partial charge in [-0.3, -0.25) is 0 Å². The molecule has 0 aliphatic heterocycles. The monoisotopic (exact) mass is 772 g/mol. The van der Waals surface area contributed by atoms with E-state index in [1.807, 2.05) is 0 Å². The van der Waals surface area contributed by atoms with Crippen molar-refractivity contribution in [2.45, 2.75) is 38.0 Å². The predicted molar refractivity (Wildman–Crippen MR) is 255 cm³/mol. The molecule has 0 spiro atoms. The predicted octanol–water partition coefficient (Wildman–Crippen LogP) is 16.8. The highest BCUT2D eigenvalue weighted by Crippen LogP contribution is 2.45. The molecule has 1 aliphatic carbocycles. The lowest BCUT2D eigenvalue weighted by molar-refractivity contribution is 0.443. The van der Waals surface area contributed by atoms with E-state index in [0.29, 0.717) is 5.92 Å². The number of anilines is 6. The third-order valence-corrected chi connectivity index (χ3v) is 12.3. The maximum absolute atomic E-state index is 2.45. The molecule has 1 fully saturated rings. The maximum atomic E-state index is 2.45. The minimum atomic E-state index is 0.663. The Morgan fingerprint density at radius 2 is 0.717 bits per heavy atom. The number of hydrogen-bond donors (Lipinski definition) is 0. The number of nitrogens with zero attached hydrogens (tertiary/aromatic N) is 2. The third-order valence-electron chi connectivity index (χ3n) is 12.3. The Hall–Kier alpha value is -7.16. The van der Waals surface area contributed by atoms with Crippen LogP contribution in [0, 0.1) is 0 Å². The number of rotatable bonds is 10. The van der Waals surface area contributed by atoms with Crippen molar-refractivity contribution in [3.05, 3.63) is 230 Å². The molecule has 290 valence electrons. The molecule has 10 rings (SSSR count). The second-order valence-electron chi connectivity index (χ2n) is 16.0. The minimum absolute atomic E-state index is 0.663. The van der Waals surface area contributed by atoms with Gasteiger partial charge < -0.3 is 9.80 Å². The molecule has 1 aliphatic rings. The third kappa shape index (κ3) is 7.61. The summed E-state index contributed by atoms with van der Waals surface area (Å²) >= 11 is 0. The molecule has 0 aromatic heterocycles. The van der Waals surface area contributed by atoms with Gasteiger partial charge in [0.25, 0.3) is 0 Å². The van der Waals surface area contributed by atoms with Crippen LogP contribution in [0.1, 0.15) is 43.6 Å². The molecule has 0 saturated heterocycles. The molecule has 0 atom stereocenters. The smallest absolute Gasteiger partial charge is 0.0546 e. The van der Waals surface area contributed by atoms with Crippen LogP contribution in [0.5, 0.6) is 0 Å². The summed E-state index contributed by atoms with van der Waals surface area (Å²) in [7, 11) is 0. The molecule has 1 saturated carbocycles. The molecule has 0 N–H and O–H groups in total. The Balaban J connectivity index is 0.969. The first-order chi connectivity index (χ1) is 29.8. The lowest BCUT2D eigenvalue weighted by Gasteiger charge is -2.29. The molecule has 2 nitrogen and oxygen atoms in total. The molecule has 0 radical (unpaired) electrons. The van der Waals surface area contributed by atoms with Crippen molar-refractivity contribution in [3.63, 3.8) is 0 Å². The van der Waals surface area contributed by atoms with Gasteiger partial charge in [0.2, 0.25) is 0 Å². The van der Waals surface area contributed by atoms with E-state index in [9.17, 15) is 0 Å². The van der Waals surface area contributed by atoms with Crippen LogP contribution in [0.15, 0.2) is 224 Å². The Morgan fingerprint density at radius 3 is 1.25 bits per heavy atom. The topological polar surface area (TPSA) is 6.48 Å². The van der Waals surface area contributed by atoms with Crippen molar-refractivity contribution >= 4 is 44.9 Å². The zero-order valence-electron chi connectivity index (χ0n) is 33.9. The largest absolute Gasteiger partial charge is 0.311 e. The fourth-order valence-corrected chi connectivity index (χ4v) is 9.18. The zero-order chi connectivity index (χ0) is 40.1. The van der Waals surface area contributed by atoms with E-state index < -0.39 is 0 Å². The van der Waals surface area contributed by atoms with E-state index in [4.69, 9.17) is 0 Å². The molecule has 9 aromatic carbocycles. The lowest BCUT2D eigenvalue weighted by atomic mass is 9.84. The molecular formula is C58H48N2. The standard InChI is InChI=1S/C58H48N2/c1-5-15-43(16-6-1)46-31-38-54(39-32-46)60(57-42-35-49-17-13-14-24-56(49)58(57)50-18-7-2-8-19-50)55-40-33-48(34-41-55)45-27-25-44(26-28-45)47-29-36-53(37-30-47)59(51-20-9-3-10-21-51)52-22-11-4-12-23-52/h2-4,7-14,17-43H,1,5-6,15-16H2. The second kappa shape index (κ2) is 17.0. The average molecular weight is 773 g/mol. The summed E-state index contributed by atoms with van der Waals surface area (Å²) in [5, 5.41) is 2.49. The summed E-state index contributed by atoms with van der Waals surface area (Å²) in [5.74, 6) is 0.663. The van der Waals surface area contributed by atoms with Gasteiger partial charge in [-0.2, -0.15) is 0 Å². The summed E-state index contributed by atoms with van der Waals surface area (Å²) in [4.78, 5) is 4.75. The molecule has 9 aromatic rings. The second-order valence-corrected chi connectivity index (χ2v) is 16.0. The fraction of sp³-hybridized carbons (Fsp3) is 0.103. The number of hydrogen-bond acceptors (Lipinski definition) is 2. The van der Waals surface area contributed by atoms with E-state index in [0.717, 1.165) is 22.7 Å². The lowest BCUT2D eigenvalue weighted by Crippen LogP contribution is -2.12. The van der Waals surface area contributed by atoms with Gasteiger partial charge in [-0.1, -0.05) is 177 Å². The van der Waals surface area contributed by atoms with Crippen molar-refractivity contribution in [2.24, 2.45) is 0 Å². The van der Waals surface area contributed by atoms with Gasteiger partial charge in [-0.25, -0.2) is 0 Å². The first kappa shape index (κ1) is 37.1. The molecule has 0 bridgehead atoms. The van der Waals surface area contributed by atoms with Gasteiger partial charge in [0.05, 0.1) is 5.69 Å². The molecule has 0 heterocycles. The van der Waals surface area contributed by atoms with Gasteiger partial charge >= 0.3 is 0 Å². The Kier molecular flexibility index (Phi) is 10.5. The molecule has 0 amide bonds. The van der Waals surface area contributed by atoms with Crippen LogP contribution in [-0.2, 0) is 0 Å². The van der Waals surface area contributed by atoms with E-state index in [1.54, 1.807) is 0 Å². The number of para-hydroxylation sites is 2. The Labute approximate surface area is 354 Å². The highest BCUT2D eigenvalue weighted by atomic mass is 15.1. The van der Waals surface area contributed by atoms with E-state index >= 15 is 0 Å². The highest BCUT2D eigenvalue weighted by Gasteiger charge is 2.21. The summed E-state index contributed by atoms with van der Waals surface area (Å²) in [6.45, 7) is 0. The van der Waals surface area contributed by atoms with Gasteiger partial charge in [0.15, 0.2) is 0 Å². The molecular weight excluding hydrogens is 725 g/mol. The number of fused-ring (bicyclic) bond motifs is 1. The van der Waals surface area contributed by atoms with Gasteiger partial charge in [-0.05, 0) is 130 Å². The van der Waals surface area contributed by atoms with Crippen molar-refractivity contribution in [3.8, 4) is 33.4 Å². The van der Waals surface area contributed by atoms with Crippen molar-refractivity contribution in [1.29, 1.82) is 0 Å². The molecule has 60 heavy (non-hydrogen) atoms. The quantitative estimate of drug-likeness (QED) is 0.137. The Bertz CT molecular complexity index is 2750. The van der Waals surface area contributed by atoms with Crippen LogP contribution < -0.4 is 9.80 Å². The van der Waals surface area contributed by atoms with E-state index in [1.165, 1.54) is 93.2 Å². The normalized spacial score (nSPS) is 12.9. The van der Waals surface area contributed by atoms with Crippen molar-refractivity contribution in [1.82, 2.24) is 0 Å². The first-order valence-electron chi connectivity index (χ1n) is 21.5. The molecule has 0 unspecified atom stereocenters. The van der Waals surface area contributed by atoms with Crippen LogP contribution >= 0.6 is 0 Å². The van der Waals surface area contributed by atoms with E-state index in [-0.39, 0.29) is 0 Å². The highest BCUT2D eigenvalue weighted by molar-refractivity contribution is 6.05. The van der Waals surface area contributed by atoms with Crippen LogP contribution in [0.3, 0.4) is 0 Å². The van der Waals surface area contributed by atoms with E-state index in [2.05, 4.69) is 234 Å². The van der Waals surface area contributed by atoms with Gasteiger partial charge in [0.1, 0.15) is 0 Å². The fourth-order valence-electron chi connectivity index (χ4n) is 9.18. The Morgan fingerprint density at radius 1 is 0.300 bits per heavy atom. The van der Waals surface area contributed by atoms with Crippen LogP contribution in [0.2, 0.25) is 0 Å². The van der Waals surface area contributed by atoms with Crippen molar-refractivity contribution < 1.29 is 0 Å². The molecule has 2 heteroatoms. The van der Waals surface area contributed by atoms with Crippen LogP contribution in [0.25, 0.3) is 44.2 Å². The summed E-state index contributed by atoms with van der Waals surface area (Å²) < 4.78 is 0. The number of benzene rings is 9. The van der Waals surface area contributed by atoms with Crippen LogP contribution in [-0.4, -0.2) is 0 Å². The summed E-state index contributed by atoms with van der Waals surface area (Å²) in [6, 6.07) is 81.7. The summed E-state index contributed by atoms with van der Waals surface area (Å²) in [5.41, 5.74) is 15.6. The minimum Gasteiger partial charge on any atom is -0.311 e. The van der Waals surface area contributed by atoms with Crippen molar-refractivity contribution in [2.75, 3.05) is 9.80 Å². The average Bonchev–Trinajstić information content (AvgIpc) is 3.34. The SMILES string of the molecule is c1ccc(-c2c(N(c3ccc(-c4ccc(-c5ccc(N(c6ccccc6)c6ccccc6)cc5)cc4)cc3)c3ccc(C4CCCCC4)cc3)ccc3ccccc23)cc1. The first-order valence-corrected chi connectivity index (χ1v) is 21.5. The maximum Gasteiger partial charge on any atom is 0.0546 e. The van der Waals surface area contributed by atoms with Gasteiger partial charge in [-0.15, -0.1) is 0 Å². The zero-order valence-corrected chi connectivity index (χ0v) is 33.9.